The summed E-state index contributed by atoms with van der Waals surface area (Å²) >= 11 is 0. The van der Waals surface area contributed by atoms with Gasteiger partial charge in [0.25, 0.3) is 5.79 Å². The van der Waals surface area contributed by atoms with Crippen LogP contribution >= 0.6 is 0 Å². The van der Waals surface area contributed by atoms with E-state index in [-0.39, 0.29) is 12.8 Å². The number of hydrogen-bond acceptors (Lipinski definition) is 5. The molecule has 0 radical (unpaired) electrons. The topological polar surface area (TPSA) is 152 Å². The van der Waals surface area contributed by atoms with Crippen molar-refractivity contribution in [1.29, 1.82) is 0 Å². The molecule has 0 saturated carbocycles. The van der Waals surface area contributed by atoms with E-state index in [9.17, 15) is 14.4 Å². The highest BCUT2D eigenvalue weighted by Gasteiger charge is 2.24. The Hall–Kier alpha value is -1.67. The standard InChI is InChI=1S/C4H6O4.C3H6O4/c5-3(6)1-2-4(7)8;1-3(6,7)2(4)5/h1-2H2,(H,5,6)(H,7,8);6-7H,1H3,(H,4,5). The maximum Gasteiger partial charge on any atom is 0.363 e. The van der Waals surface area contributed by atoms with Gasteiger partial charge in [0, 0.05) is 6.92 Å². The molecular weight excluding hydrogens is 212 g/mol. The van der Waals surface area contributed by atoms with Gasteiger partial charge < -0.3 is 25.5 Å². The normalized spacial score (nSPS) is 9.80. The van der Waals surface area contributed by atoms with Gasteiger partial charge in [-0.15, -0.1) is 0 Å². The molecule has 0 aliphatic carbocycles. The molecule has 0 aliphatic rings. The van der Waals surface area contributed by atoms with Crippen LogP contribution in [0.3, 0.4) is 0 Å². The second-order valence-corrected chi connectivity index (χ2v) is 2.61. The SMILES string of the molecule is CC(O)(O)C(=O)O.O=C(O)CCC(=O)O. The largest absolute Gasteiger partial charge is 0.481 e. The van der Waals surface area contributed by atoms with E-state index in [4.69, 9.17) is 25.5 Å². The van der Waals surface area contributed by atoms with Crippen LogP contribution in [0.25, 0.3) is 0 Å². The van der Waals surface area contributed by atoms with Crippen LogP contribution in [-0.2, 0) is 14.4 Å². The Balaban J connectivity index is 0. The molecule has 0 aromatic rings. The third-order valence-corrected chi connectivity index (χ3v) is 0.958. The smallest absolute Gasteiger partial charge is 0.363 e. The van der Waals surface area contributed by atoms with Crippen molar-refractivity contribution in [3.8, 4) is 0 Å². The summed E-state index contributed by atoms with van der Waals surface area (Å²) in [5, 5.41) is 39.6. The number of aliphatic hydroxyl groups is 2. The van der Waals surface area contributed by atoms with Crippen LogP contribution < -0.4 is 0 Å². The molecule has 0 aromatic heterocycles. The summed E-state index contributed by atoms with van der Waals surface area (Å²) in [6.45, 7) is 0.773. The number of aliphatic carboxylic acids is 3. The molecule has 0 saturated heterocycles. The van der Waals surface area contributed by atoms with E-state index in [1.165, 1.54) is 0 Å². The van der Waals surface area contributed by atoms with Crippen molar-refractivity contribution in [1.82, 2.24) is 0 Å². The van der Waals surface area contributed by atoms with Gasteiger partial charge in [-0.25, -0.2) is 4.79 Å². The van der Waals surface area contributed by atoms with Crippen molar-refractivity contribution in [2.45, 2.75) is 25.6 Å². The second-order valence-electron chi connectivity index (χ2n) is 2.61. The maximum atomic E-state index is 9.64. The first-order valence-corrected chi connectivity index (χ1v) is 3.69. The first kappa shape index (κ1) is 15.8. The van der Waals surface area contributed by atoms with E-state index < -0.39 is 23.7 Å². The number of hydrogen-bond donors (Lipinski definition) is 5. The first-order valence-electron chi connectivity index (χ1n) is 3.69. The Bertz CT molecular complexity index is 224. The number of carbonyl (C=O) groups is 3. The van der Waals surface area contributed by atoms with Gasteiger partial charge in [0.15, 0.2) is 0 Å². The summed E-state index contributed by atoms with van der Waals surface area (Å²) in [6.07, 6.45) is -0.593. The average Bonchev–Trinajstić information content (AvgIpc) is 2.00. The quantitative estimate of drug-likeness (QED) is 0.369. The van der Waals surface area contributed by atoms with Crippen molar-refractivity contribution < 1.29 is 39.9 Å². The lowest BCUT2D eigenvalue weighted by Gasteiger charge is -2.06. The molecule has 88 valence electrons. The Morgan fingerprint density at radius 2 is 1.13 bits per heavy atom. The molecule has 0 spiro atoms. The van der Waals surface area contributed by atoms with E-state index in [1.54, 1.807) is 0 Å². The molecule has 0 aromatic carbocycles. The van der Waals surface area contributed by atoms with Gasteiger partial charge in [0.2, 0.25) is 0 Å². The Morgan fingerprint density at radius 3 is 1.20 bits per heavy atom. The van der Waals surface area contributed by atoms with E-state index in [1.807, 2.05) is 0 Å². The van der Waals surface area contributed by atoms with Crippen LogP contribution in [-0.4, -0.2) is 49.2 Å². The average molecular weight is 224 g/mol. The van der Waals surface area contributed by atoms with E-state index in [0.29, 0.717) is 0 Å². The molecule has 8 nitrogen and oxygen atoms in total. The van der Waals surface area contributed by atoms with Crippen LogP contribution in [0.4, 0.5) is 0 Å². The fraction of sp³-hybridized carbons (Fsp3) is 0.571. The summed E-state index contributed by atoms with van der Waals surface area (Å²) in [5.41, 5.74) is 0. The Morgan fingerprint density at radius 1 is 0.933 bits per heavy atom. The lowest BCUT2D eigenvalue weighted by Crippen LogP contribution is -2.33. The fourth-order valence-electron chi connectivity index (χ4n) is 0.214. The zero-order valence-corrected chi connectivity index (χ0v) is 7.88. The molecular formula is C7H12O8. The lowest BCUT2D eigenvalue weighted by molar-refractivity contribution is -0.196. The summed E-state index contributed by atoms with van der Waals surface area (Å²) < 4.78 is 0. The molecule has 0 fully saturated rings. The minimum atomic E-state index is -2.58. The molecule has 0 bridgehead atoms. The molecule has 0 rings (SSSR count). The van der Waals surface area contributed by atoms with Crippen molar-refractivity contribution >= 4 is 17.9 Å². The van der Waals surface area contributed by atoms with Gasteiger partial charge in [-0.1, -0.05) is 0 Å². The summed E-state index contributed by atoms with van der Waals surface area (Å²) in [7, 11) is 0. The molecule has 0 aliphatic heterocycles. The number of carboxylic acid groups (broad SMARTS) is 3. The minimum Gasteiger partial charge on any atom is -0.481 e. The van der Waals surface area contributed by atoms with Gasteiger partial charge in [-0.05, 0) is 0 Å². The number of carboxylic acids is 3. The zero-order chi connectivity index (χ0) is 12.6. The Labute approximate surface area is 84.4 Å². The van der Waals surface area contributed by atoms with E-state index >= 15 is 0 Å². The van der Waals surface area contributed by atoms with Gasteiger partial charge in [-0.2, -0.15) is 0 Å². The predicted octanol–water partition coefficient (Wildman–Crippen LogP) is -1.29. The molecule has 0 atom stereocenters. The predicted molar refractivity (Wildman–Crippen MR) is 45.0 cm³/mol. The summed E-state index contributed by atoms with van der Waals surface area (Å²) in [5.74, 6) is -6.38. The number of rotatable bonds is 4. The third kappa shape index (κ3) is 15.1. The zero-order valence-electron chi connectivity index (χ0n) is 7.88. The summed E-state index contributed by atoms with van der Waals surface area (Å²) in [6, 6.07) is 0. The lowest BCUT2D eigenvalue weighted by atomic mass is 10.3. The molecule has 0 unspecified atom stereocenters. The Kier molecular flexibility index (Phi) is 7.09. The minimum absolute atomic E-state index is 0.296. The van der Waals surface area contributed by atoms with Crippen molar-refractivity contribution in [3.63, 3.8) is 0 Å². The monoisotopic (exact) mass is 224 g/mol. The molecule has 0 amide bonds. The first-order chi connectivity index (χ1) is 6.57. The van der Waals surface area contributed by atoms with E-state index in [0.717, 1.165) is 6.92 Å². The van der Waals surface area contributed by atoms with Crippen LogP contribution in [0.5, 0.6) is 0 Å². The highest BCUT2D eigenvalue weighted by atomic mass is 16.5. The van der Waals surface area contributed by atoms with Crippen molar-refractivity contribution in [2.24, 2.45) is 0 Å². The van der Waals surface area contributed by atoms with Crippen LogP contribution in [0, 0.1) is 0 Å². The molecule has 5 N–H and O–H groups in total. The van der Waals surface area contributed by atoms with Gasteiger partial charge >= 0.3 is 17.9 Å². The molecule has 15 heavy (non-hydrogen) atoms. The van der Waals surface area contributed by atoms with Crippen LogP contribution in [0.2, 0.25) is 0 Å². The molecule has 0 heterocycles. The second kappa shape index (κ2) is 6.74. The van der Waals surface area contributed by atoms with Crippen LogP contribution in [0.15, 0.2) is 0 Å². The van der Waals surface area contributed by atoms with Crippen molar-refractivity contribution in [3.05, 3.63) is 0 Å². The fourth-order valence-corrected chi connectivity index (χ4v) is 0.214. The van der Waals surface area contributed by atoms with E-state index in [2.05, 4.69) is 0 Å². The maximum absolute atomic E-state index is 9.64. The van der Waals surface area contributed by atoms with Crippen LogP contribution in [0.1, 0.15) is 19.8 Å². The summed E-state index contributed by atoms with van der Waals surface area (Å²) in [4.78, 5) is 28.8. The van der Waals surface area contributed by atoms with Crippen molar-refractivity contribution in [2.75, 3.05) is 0 Å². The van der Waals surface area contributed by atoms with Gasteiger partial charge in [0.05, 0.1) is 12.8 Å². The highest BCUT2D eigenvalue weighted by Crippen LogP contribution is 1.93. The third-order valence-electron chi connectivity index (χ3n) is 0.958. The van der Waals surface area contributed by atoms with Gasteiger partial charge in [-0.3, -0.25) is 9.59 Å². The highest BCUT2D eigenvalue weighted by molar-refractivity contribution is 5.75. The molecule has 8 heteroatoms. The van der Waals surface area contributed by atoms with Gasteiger partial charge in [0.1, 0.15) is 0 Å².